The van der Waals surface area contributed by atoms with Gasteiger partial charge < -0.3 is 4.57 Å². The third kappa shape index (κ3) is 3.17. The van der Waals surface area contributed by atoms with Crippen molar-refractivity contribution in [2.24, 2.45) is 0 Å². The first-order valence-electron chi connectivity index (χ1n) is 13.4. The maximum absolute atomic E-state index is 4.65. The Hall–Kier alpha value is -5.35. The van der Waals surface area contributed by atoms with Gasteiger partial charge in [0.15, 0.2) is 5.82 Å². The van der Waals surface area contributed by atoms with Crippen LogP contribution in [0.25, 0.3) is 39.1 Å². The van der Waals surface area contributed by atoms with Gasteiger partial charge in [-0.05, 0) is 57.6 Å². The highest BCUT2D eigenvalue weighted by Gasteiger charge is 2.46. The molecule has 4 heteroatoms. The van der Waals surface area contributed by atoms with Crippen LogP contribution in [0.2, 0.25) is 0 Å². The standard InChI is InChI=1S/C36H24N4/c1-3-11-26(12-4-1)36(27-13-5-2-6-14-27)31-16-8-7-15-29(31)34-30-19-21-40(33(30)18-17-32(34)36)28-23-38-35(39-24-28)25-10-9-20-37-22-25/h1-24H. The Labute approximate surface area is 232 Å². The molecular weight excluding hydrogens is 488 g/mol. The zero-order valence-electron chi connectivity index (χ0n) is 21.6. The summed E-state index contributed by atoms with van der Waals surface area (Å²) in [6.45, 7) is 0. The molecule has 0 saturated carbocycles. The van der Waals surface area contributed by atoms with Crippen molar-refractivity contribution in [2.45, 2.75) is 5.41 Å². The van der Waals surface area contributed by atoms with Crippen molar-refractivity contribution in [2.75, 3.05) is 0 Å². The molecule has 40 heavy (non-hydrogen) atoms. The summed E-state index contributed by atoms with van der Waals surface area (Å²) in [5.41, 5.74) is 10.3. The molecular formula is C36H24N4. The number of nitrogens with zero attached hydrogens (tertiary/aromatic N) is 4. The van der Waals surface area contributed by atoms with E-state index in [2.05, 4.69) is 129 Å². The minimum atomic E-state index is -0.404. The van der Waals surface area contributed by atoms with E-state index in [-0.39, 0.29) is 0 Å². The van der Waals surface area contributed by atoms with Crippen LogP contribution < -0.4 is 0 Å². The van der Waals surface area contributed by atoms with Crippen LogP contribution in [0, 0.1) is 0 Å². The summed E-state index contributed by atoms with van der Waals surface area (Å²) in [6, 6.07) is 41.3. The van der Waals surface area contributed by atoms with Gasteiger partial charge in [-0.25, -0.2) is 9.97 Å². The molecule has 0 unspecified atom stereocenters. The van der Waals surface area contributed by atoms with Gasteiger partial charge in [0.1, 0.15) is 0 Å². The smallest absolute Gasteiger partial charge is 0.160 e. The van der Waals surface area contributed by atoms with E-state index < -0.39 is 5.41 Å². The van der Waals surface area contributed by atoms with Gasteiger partial charge in [-0.3, -0.25) is 4.98 Å². The average Bonchev–Trinajstić information content (AvgIpc) is 3.60. The molecule has 4 aromatic carbocycles. The zero-order valence-corrected chi connectivity index (χ0v) is 21.6. The highest BCUT2D eigenvalue weighted by molar-refractivity contribution is 6.03. The van der Waals surface area contributed by atoms with Gasteiger partial charge in [0.2, 0.25) is 0 Å². The molecule has 188 valence electrons. The zero-order chi connectivity index (χ0) is 26.5. The molecule has 4 nitrogen and oxygen atoms in total. The topological polar surface area (TPSA) is 43.6 Å². The van der Waals surface area contributed by atoms with Crippen LogP contribution in [0.1, 0.15) is 22.3 Å². The Morgan fingerprint density at radius 2 is 1.27 bits per heavy atom. The maximum atomic E-state index is 4.65. The number of aromatic nitrogens is 4. The van der Waals surface area contributed by atoms with Crippen molar-refractivity contribution in [1.82, 2.24) is 19.5 Å². The van der Waals surface area contributed by atoms with Crippen LogP contribution in [0.4, 0.5) is 0 Å². The van der Waals surface area contributed by atoms with E-state index in [0.717, 1.165) is 16.8 Å². The molecule has 8 rings (SSSR count). The minimum Gasteiger partial charge on any atom is -0.314 e. The van der Waals surface area contributed by atoms with Crippen molar-refractivity contribution >= 4 is 10.9 Å². The number of fused-ring (bicyclic) bond motifs is 5. The summed E-state index contributed by atoms with van der Waals surface area (Å²) in [5, 5.41) is 1.22. The highest BCUT2D eigenvalue weighted by Crippen LogP contribution is 2.57. The molecule has 0 spiro atoms. The van der Waals surface area contributed by atoms with Gasteiger partial charge in [-0.15, -0.1) is 0 Å². The predicted molar refractivity (Wildman–Crippen MR) is 159 cm³/mol. The maximum Gasteiger partial charge on any atom is 0.160 e. The second kappa shape index (κ2) is 8.85. The lowest BCUT2D eigenvalue weighted by molar-refractivity contribution is 0.769. The SMILES string of the molecule is c1ccc(C2(c3ccccc3)c3ccccc3-c3c2ccc2c3ccn2-c2cnc(-c3cccnc3)nc2)cc1. The number of hydrogen-bond donors (Lipinski definition) is 0. The lowest BCUT2D eigenvalue weighted by atomic mass is 9.67. The number of pyridine rings is 1. The molecule has 0 saturated heterocycles. The van der Waals surface area contributed by atoms with Gasteiger partial charge in [0, 0.05) is 29.5 Å². The van der Waals surface area contributed by atoms with Crippen molar-refractivity contribution < 1.29 is 0 Å². The van der Waals surface area contributed by atoms with Crippen LogP contribution in [0.3, 0.4) is 0 Å². The van der Waals surface area contributed by atoms with Crippen LogP contribution in [0.5, 0.6) is 0 Å². The molecule has 3 heterocycles. The first kappa shape index (κ1) is 22.6. The molecule has 0 fully saturated rings. The van der Waals surface area contributed by atoms with E-state index in [4.69, 9.17) is 0 Å². The Morgan fingerprint density at radius 3 is 1.98 bits per heavy atom. The molecule has 0 radical (unpaired) electrons. The van der Waals surface area contributed by atoms with Crippen molar-refractivity contribution in [1.29, 1.82) is 0 Å². The summed E-state index contributed by atoms with van der Waals surface area (Å²) in [5.74, 6) is 0.665. The van der Waals surface area contributed by atoms with E-state index in [9.17, 15) is 0 Å². The molecule has 1 aliphatic rings. The number of hydrogen-bond acceptors (Lipinski definition) is 3. The van der Waals surface area contributed by atoms with E-state index in [1.807, 2.05) is 24.5 Å². The number of benzene rings is 4. The summed E-state index contributed by atoms with van der Waals surface area (Å²) < 4.78 is 2.18. The molecule has 0 amide bonds. The summed E-state index contributed by atoms with van der Waals surface area (Å²) in [4.78, 5) is 13.5. The van der Waals surface area contributed by atoms with Gasteiger partial charge >= 0.3 is 0 Å². The summed E-state index contributed by atoms with van der Waals surface area (Å²) in [6.07, 6.45) is 9.43. The van der Waals surface area contributed by atoms with Crippen LogP contribution in [0.15, 0.2) is 146 Å². The Morgan fingerprint density at radius 1 is 0.575 bits per heavy atom. The molecule has 1 aliphatic carbocycles. The molecule has 0 N–H and O–H groups in total. The molecule has 0 atom stereocenters. The quantitative estimate of drug-likeness (QED) is 0.241. The predicted octanol–water partition coefficient (Wildman–Crippen LogP) is 7.85. The Balaban J connectivity index is 1.36. The van der Waals surface area contributed by atoms with E-state index in [0.29, 0.717) is 5.82 Å². The second-order valence-electron chi connectivity index (χ2n) is 10.1. The second-order valence-corrected chi connectivity index (χ2v) is 10.1. The molecule has 0 aliphatic heterocycles. The number of rotatable bonds is 4. The lowest BCUT2D eigenvalue weighted by Crippen LogP contribution is -2.28. The molecule has 7 aromatic rings. The monoisotopic (exact) mass is 512 g/mol. The Kier molecular flexibility index (Phi) is 5.01. The van der Waals surface area contributed by atoms with Crippen molar-refractivity contribution in [3.05, 3.63) is 168 Å². The largest absolute Gasteiger partial charge is 0.314 e. The van der Waals surface area contributed by atoms with Gasteiger partial charge in [0.05, 0.1) is 29.0 Å². The average molecular weight is 513 g/mol. The van der Waals surface area contributed by atoms with E-state index in [1.54, 1.807) is 12.4 Å². The molecule has 0 bridgehead atoms. The summed E-state index contributed by atoms with van der Waals surface area (Å²) in [7, 11) is 0. The van der Waals surface area contributed by atoms with E-state index in [1.165, 1.54) is 38.8 Å². The van der Waals surface area contributed by atoms with Crippen LogP contribution in [-0.4, -0.2) is 19.5 Å². The Bertz CT molecular complexity index is 1940. The lowest BCUT2D eigenvalue weighted by Gasteiger charge is -2.33. The fraction of sp³-hybridized carbons (Fsp3) is 0.0278. The highest BCUT2D eigenvalue weighted by atomic mass is 15.0. The minimum absolute atomic E-state index is 0.404. The van der Waals surface area contributed by atoms with E-state index >= 15 is 0 Å². The fourth-order valence-corrected chi connectivity index (χ4v) is 6.47. The normalized spacial score (nSPS) is 13.2. The van der Waals surface area contributed by atoms with Gasteiger partial charge in [-0.2, -0.15) is 0 Å². The van der Waals surface area contributed by atoms with Gasteiger partial charge in [-0.1, -0.05) is 91.0 Å². The first-order valence-corrected chi connectivity index (χ1v) is 13.4. The van der Waals surface area contributed by atoms with Gasteiger partial charge in [0.25, 0.3) is 0 Å². The summed E-state index contributed by atoms with van der Waals surface area (Å²) >= 11 is 0. The fourth-order valence-electron chi connectivity index (χ4n) is 6.47. The molecule has 3 aromatic heterocycles. The first-order chi connectivity index (χ1) is 19.9. The third-order valence-corrected chi connectivity index (χ3v) is 8.13. The van der Waals surface area contributed by atoms with Crippen molar-refractivity contribution in [3.63, 3.8) is 0 Å². The van der Waals surface area contributed by atoms with Crippen molar-refractivity contribution in [3.8, 4) is 28.2 Å². The van der Waals surface area contributed by atoms with Crippen LogP contribution >= 0.6 is 0 Å². The van der Waals surface area contributed by atoms with Crippen LogP contribution in [-0.2, 0) is 5.41 Å². The third-order valence-electron chi connectivity index (χ3n) is 8.13.